The molecule has 0 amide bonds. The van der Waals surface area contributed by atoms with Gasteiger partial charge in [0.2, 0.25) is 0 Å². The van der Waals surface area contributed by atoms with Crippen LogP contribution in [-0.2, 0) is 0 Å². The topological polar surface area (TPSA) is 26.0 Å². The number of hydrogen-bond acceptors (Lipinski definition) is 2. The first kappa shape index (κ1) is 9.04. The lowest BCUT2D eigenvalue weighted by atomic mass is 9.96. The summed E-state index contributed by atoms with van der Waals surface area (Å²) >= 11 is 0. The first-order valence-electron chi connectivity index (χ1n) is 4.16. The Balaban J connectivity index is 3.09. The van der Waals surface area contributed by atoms with Gasteiger partial charge in [0.05, 0.1) is 5.69 Å². The minimum Gasteiger partial charge on any atom is -0.361 e. The van der Waals surface area contributed by atoms with Crippen molar-refractivity contribution in [3.8, 4) is 0 Å². The van der Waals surface area contributed by atoms with Crippen LogP contribution in [0.5, 0.6) is 0 Å². The lowest BCUT2D eigenvalue weighted by Gasteiger charge is -2.07. The molecule has 0 saturated carbocycles. The van der Waals surface area contributed by atoms with E-state index in [1.165, 1.54) is 0 Å². The summed E-state index contributed by atoms with van der Waals surface area (Å²) < 4.78 is 5.06. The smallest absolute Gasteiger partial charge is 0.141 e. The number of hydrogen-bond donors (Lipinski definition) is 0. The van der Waals surface area contributed by atoms with Crippen LogP contribution in [0.3, 0.4) is 0 Å². The van der Waals surface area contributed by atoms with Crippen molar-refractivity contribution in [1.82, 2.24) is 5.16 Å². The lowest BCUT2D eigenvalue weighted by molar-refractivity contribution is 0.393. The second-order valence-electron chi connectivity index (χ2n) is 3.38. The Labute approximate surface area is 73.3 Å². The number of rotatable bonds is 2. The van der Waals surface area contributed by atoms with Gasteiger partial charge in [0.15, 0.2) is 0 Å². The molecule has 2 nitrogen and oxygen atoms in total. The van der Waals surface area contributed by atoms with E-state index in [1.54, 1.807) is 0 Å². The third kappa shape index (κ3) is 1.42. The summed E-state index contributed by atoms with van der Waals surface area (Å²) in [7, 11) is 0. The van der Waals surface area contributed by atoms with Crippen molar-refractivity contribution in [2.75, 3.05) is 0 Å². The molecule has 0 unspecified atom stereocenters. The van der Waals surface area contributed by atoms with Crippen LogP contribution in [0, 0.1) is 19.8 Å². The minimum absolute atomic E-state index is 0.446. The quantitative estimate of drug-likeness (QED) is 0.673. The van der Waals surface area contributed by atoms with Gasteiger partial charge in [-0.15, -0.1) is 0 Å². The predicted molar refractivity (Wildman–Crippen MR) is 49.8 cm³/mol. The van der Waals surface area contributed by atoms with Gasteiger partial charge in [-0.2, -0.15) is 0 Å². The number of allylic oxidation sites excluding steroid dienone is 1. The third-order valence-electron chi connectivity index (χ3n) is 2.05. The molecule has 1 rings (SSSR count). The number of aryl methyl sites for hydroxylation is 2. The number of aromatic nitrogens is 1. The van der Waals surface area contributed by atoms with Crippen molar-refractivity contribution in [2.24, 2.45) is 5.92 Å². The summed E-state index contributed by atoms with van der Waals surface area (Å²) in [5.41, 5.74) is 3.13. The van der Waals surface area contributed by atoms with Crippen molar-refractivity contribution in [2.45, 2.75) is 27.7 Å². The van der Waals surface area contributed by atoms with Crippen LogP contribution >= 0.6 is 0 Å². The highest BCUT2D eigenvalue weighted by atomic mass is 16.5. The molecule has 12 heavy (non-hydrogen) atoms. The van der Waals surface area contributed by atoms with Crippen LogP contribution in [0.1, 0.15) is 30.9 Å². The summed E-state index contributed by atoms with van der Waals surface area (Å²) in [6.07, 6.45) is 0. The molecule has 0 spiro atoms. The molecule has 1 aromatic heterocycles. The molecule has 66 valence electrons. The van der Waals surface area contributed by atoms with E-state index in [0.717, 1.165) is 22.6 Å². The molecular formula is C10H15NO. The van der Waals surface area contributed by atoms with Crippen molar-refractivity contribution < 1.29 is 4.52 Å². The molecule has 0 aromatic carbocycles. The summed E-state index contributed by atoms with van der Waals surface area (Å²) in [6.45, 7) is 12.1. The predicted octanol–water partition coefficient (Wildman–Crippen LogP) is 2.96. The standard InChI is InChI=1S/C10H15NO/c1-6(2)7(3)10-8(4)11-12-9(10)5/h6H,3H2,1-2,4-5H3. The van der Waals surface area contributed by atoms with E-state index in [1.807, 2.05) is 13.8 Å². The Bertz CT molecular complexity index is 277. The van der Waals surface area contributed by atoms with Crippen LogP contribution in [0.4, 0.5) is 0 Å². The van der Waals surface area contributed by atoms with Crippen LogP contribution in [0.15, 0.2) is 11.1 Å². The molecule has 0 radical (unpaired) electrons. The molecule has 0 saturated heterocycles. The molecule has 0 bridgehead atoms. The lowest BCUT2D eigenvalue weighted by Crippen LogP contribution is -1.94. The zero-order valence-electron chi connectivity index (χ0n) is 8.14. The van der Waals surface area contributed by atoms with Crippen molar-refractivity contribution in [1.29, 1.82) is 0 Å². The van der Waals surface area contributed by atoms with Gasteiger partial charge < -0.3 is 4.52 Å². The van der Waals surface area contributed by atoms with Crippen molar-refractivity contribution >= 4 is 5.57 Å². The fraction of sp³-hybridized carbons (Fsp3) is 0.500. The van der Waals surface area contributed by atoms with Crippen LogP contribution in [-0.4, -0.2) is 5.16 Å². The van der Waals surface area contributed by atoms with Gasteiger partial charge in [-0.05, 0) is 25.3 Å². The van der Waals surface area contributed by atoms with Crippen molar-refractivity contribution in [3.63, 3.8) is 0 Å². The second-order valence-corrected chi connectivity index (χ2v) is 3.38. The summed E-state index contributed by atoms with van der Waals surface area (Å²) in [6, 6.07) is 0. The van der Waals surface area contributed by atoms with Gasteiger partial charge in [0, 0.05) is 5.56 Å². The highest BCUT2D eigenvalue weighted by Crippen LogP contribution is 2.26. The maximum absolute atomic E-state index is 5.06. The average molecular weight is 165 g/mol. The maximum Gasteiger partial charge on any atom is 0.141 e. The summed E-state index contributed by atoms with van der Waals surface area (Å²) in [4.78, 5) is 0. The highest BCUT2D eigenvalue weighted by Gasteiger charge is 2.13. The SMILES string of the molecule is C=C(c1c(C)noc1C)C(C)C. The minimum atomic E-state index is 0.446. The molecule has 0 atom stereocenters. The highest BCUT2D eigenvalue weighted by molar-refractivity contribution is 5.67. The van der Waals surface area contributed by atoms with E-state index in [4.69, 9.17) is 4.52 Å². The van der Waals surface area contributed by atoms with E-state index in [9.17, 15) is 0 Å². The van der Waals surface area contributed by atoms with Gasteiger partial charge in [-0.1, -0.05) is 25.6 Å². The van der Waals surface area contributed by atoms with Gasteiger partial charge in [0.25, 0.3) is 0 Å². The van der Waals surface area contributed by atoms with E-state index < -0.39 is 0 Å². The molecule has 0 aliphatic carbocycles. The van der Waals surface area contributed by atoms with E-state index in [0.29, 0.717) is 5.92 Å². The largest absolute Gasteiger partial charge is 0.361 e. The molecule has 0 fully saturated rings. The average Bonchev–Trinajstić information content (AvgIpc) is 2.30. The van der Waals surface area contributed by atoms with Crippen molar-refractivity contribution in [3.05, 3.63) is 23.6 Å². The van der Waals surface area contributed by atoms with Crippen LogP contribution in [0.25, 0.3) is 5.57 Å². The van der Waals surface area contributed by atoms with Gasteiger partial charge in [-0.25, -0.2) is 0 Å². The molecular weight excluding hydrogens is 150 g/mol. The Morgan fingerprint density at radius 3 is 2.33 bits per heavy atom. The zero-order chi connectivity index (χ0) is 9.30. The van der Waals surface area contributed by atoms with E-state index in [-0.39, 0.29) is 0 Å². The van der Waals surface area contributed by atoms with E-state index >= 15 is 0 Å². The number of nitrogens with zero attached hydrogens (tertiary/aromatic N) is 1. The molecule has 0 aliphatic rings. The third-order valence-corrected chi connectivity index (χ3v) is 2.05. The van der Waals surface area contributed by atoms with Gasteiger partial charge >= 0.3 is 0 Å². The fourth-order valence-corrected chi connectivity index (χ4v) is 1.23. The second kappa shape index (κ2) is 3.13. The summed E-state index contributed by atoms with van der Waals surface area (Å²) in [5.74, 6) is 1.31. The molecule has 2 heteroatoms. The van der Waals surface area contributed by atoms with Crippen LogP contribution in [0.2, 0.25) is 0 Å². The Kier molecular flexibility index (Phi) is 2.36. The Morgan fingerprint density at radius 2 is 2.00 bits per heavy atom. The molecule has 1 aromatic rings. The van der Waals surface area contributed by atoms with E-state index in [2.05, 4.69) is 25.6 Å². The molecule has 0 aliphatic heterocycles. The first-order valence-corrected chi connectivity index (χ1v) is 4.16. The molecule has 1 heterocycles. The van der Waals surface area contributed by atoms with Crippen LogP contribution < -0.4 is 0 Å². The van der Waals surface area contributed by atoms with Gasteiger partial charge in [-0.3, -0.25) is 0 Å². The fourth-order valence-electron chi connectivity index (χ4n) is 1.23. The normalized spacial score (nSPS) is 10.8. The monoisotopic (exact) mass is 165 g/mol. The zero-order valence-corrected chi connectivity index (χ0v) is 8.14. The Morgan fingerprint density at radius 1 is 1.42 bits per heavy atom. The first-order chi connectivity index (χ1) is 5.54. The Hall–Kier alpha value is -1.05. The maximum atomic E-state index is 5.06. The summed E-state index contributed by atoms with van der Waals surface area (Å²) in [5, 5.41) is 3.88. The van der Waals surface area contributed by atoms with Gasteiger partial charge in [0.1, 0.15) is 5.76 Å². The molecule has 0 N–H and O–H groups in total.